The summed E-state index contributed by atoms with van der Waals surface area (Å²) in [5.41, 5.74) is 3.33. The average Bonchev–Trinajstić information content (AvgIpc) is 3.02. The number of aromatic amines is 1. The van der Waals surface area contributed by atoms with Crippen LogP contribution in [0.4, 0.5) is 4.39 Å². The normalized spacial score (nSPS) is 11.7. The SMILES string of the molecule is CN=C(NCCc1ccc(F)cc1)NCc1cc2ccccc2[nH]1. The van der Waals surface area contributed by atoms with Crippen molar-refractivity contribution in [3.8, 4) is 0 Å². The number of fused-ring (bicyclic) bond motifs is 1. The van der Waals surface area contributed by atoms with E-state index in [2.05, 4.69) is 38.8 Å². The summed E-state index contributed by atoms with van der Waals surface area (Å²) in [7, 11) is 1.75. The van der Waals surface area contributed by atoms with Crippen LogP contribution in [0, 0.1) is 5.82 Å². The summed E-state index contributed by atoms with van der Waals surface area (Å²) >= 11 is 0. The van der Waals surface area contributed by atoms with E-state index >= 15 is 0 Å². The number of aliphatic imine (C=N–C) groups is 1. The molecule has 0 unspecified atom stereocenters. The van der Waals surface area contributed by atoms with Gasteiger partial charge in [-0.3, -0.25) is 4.99 Å². The van der Waals surface area contributed by atoms with Crippen molar-refractivity contribution in [3.63, 3.8) is 0 Å². The molecule has 0 bridgehead atoms. The predicted molar refractivity (Wildman–Crippen MR) is 96.6 cm³/mol. The number of guanidine groups is 1. The molecule has 0 aliphatic rings. The molecule has 0 saturated heterocycles. The number of para-hydroxylation sites is 1. The monoisotopic (exact) mass is 324 g/mol. The molecular formula is C19H21FN4. The number of nitrogens with zero attached hydrogens (tertiary/aromatic N) is 1. The van der Waals surface area contributed by atoms with Crippen LogP contribution in [0.15, 0.2) is 59.6 Å². The van der Waals surface area contributed by atoms with E-state index in [-0.39, 0.29) is 5.82 Å². The van der Waals surface area contributed by atoms with Crippen LogP contribution in [0.5, 0.6) is 0 Å². The van der Waals surface area contributed by atoms with Crippen LogP contribution >= 0.6 is 0 Å². The van der Waals surface area contributed by atoms with Crippen molar-refractivity contribution in [2.24, 2.45) is 4.99 Å². The van der Waals surface area contributed by atoms with Gasteiger partial charge < -0.3 is 15.6 Å². The minimum absolute atomic E-state index is 0.206. The maximum Gasteiger partial charge on any atom is 0.191 e. The lowest BCUT2D eigenvalue weighted by Gasteiger charge is -2.11. The Balaban J connectivity index is 1.48. The van der Waals surface area contributed by atoms with Gasteiger partial charge in [0, 0.05) is 24.8 Å². The largest absolute Gasteiger partial charge is 0.357 e. The maximum absolute atomic E-state index is 12.9. The van der Waals surface area contributed by atoms with E-state index in [4.69, 9.17) is 0 Å². The molecule has 3 rings (SSSR count). The zero-order chi connectivity index (χ0) is 16.8. The second kappa shape index (κ2) is 7.64. The van der Waals surface area contributed by atoms with Crippen molar-refractivity contribution < 1.29 is 4.39 Å². The molecule has 0 aliphatic carbocycles. The summed E-state index contributed by atoms with van der Waals surface area (Å²) in [6.07, 6.45) is 0.813. The standard InChI is InChI=1S/C19H21FN4/c1-21-19(22-11-10-14-6-8-16(20)9-7-14)23-13-17-12-15-4-2-3-5-18(15)24-17/h2-9,12,24H,10-11,13H2,1H3,(H2,21,22,23). The van der Waals surface area contributed by atoms with Crippen molar-refractivity contribution in [1.82, 2.24) is 15.6 Å². The molecule has 0 radical (unpaired) electrons. The van der Waals surface area contributed by atoms with Gasteiger partial charge in [-0.25, -0.2) is 4.39 Å². The van der Waals surface area contributed by atoms with Gasteiger partial charge in [0.15, 0.2) is 5.96 Å². The zero-order valence-electron chi connectivity index (χ0n) is 13.6. The predicted octanol–water partition coefficient (Wildman–Crippen LogP) is 3.21. The molecule has 3 N–H and O–H groups in total. The number of hydrogen-bond donors (Lipinski definition) is 3. The summed E-state index contributed by atoms with van der Waals surface area (Å²) in [6.45, 7) is 1.41. The van der Waals surface area contributed by atoms with Crippen LogP contribution < -0.4 is 10.6 Å². The third-order valence-electron chi connectivity index (χ3n) is 3.88. The Bertz CT molecular complexity index is 788. The fourth-order valence-corrected chi connectivity index (χ4v) is 2.60. The quantitative estimate of drug-likeness (QED) is 0.498. The molecule has 124 valence electrons. The lowest BCUT2D eigenvalue weighted by atomic mass is 10.1. The first kappa shape index (κ1) is 16.1. The van der Waals surface area contributed by atoms with Gasteiger partial charge in [-0.05, 0) is 41.6 Å². The van der Waals surface area contributed by atoms with Crippen molar-refractivity contribution in [2.45, 2.75) is 13.0 Å². The van der Waals surface area contributed by atoms with E-state index in [0.29, 0.717) is 6.54 Å². The van der Waals surface area contributed by atoms with E-state index < -0.39 is 0 Å². The van der Waals surface area contributed by atoms with Crippen LogP contribution in [-0.2, 0) is 13.0 Å². The summed E-state index contributed by atoms with van der Waals surface area (Å²) in [5.74, 6) is 0.540. The van der Waals surface area contributed by atoms with Gasteiger partial charge in [0.25, 0.3) is 0 Å². The highest BCUT2D eigenvalue weighted by Gasteiger charge is 2.02. The molecule has 0 atom stereocenters. The Hall–Kier alpha value is -2.82. The second-order valence-corrected chi connectivity index (χ2v) is 5.61. The fraction of sp³-hybridized carbons (Fsp3) is 0.211. The van der Waals surface area contributed by atoms with E-state index in [0.717, 1.165) is 35.7 Å². The average molecular weight is 324 g/mol. The van der Waals surface area contributed by atoms with Crippen molar-refractivity contribution in [2.75, 3.05) is 13.6 Å². The highest BCUT2D eigenvalue weighted by molar-refractivity contribution is 5.81. The van der Waals surface area contributed by atoms with Crippen LogP contribution in [-0.4, -0.2) is 24.5 Å². The first-order valence-electron chi connectivity index (χ1n) is 8.00. The van der Waals surface area contributed by atoms with E-state index in [1.807, 2.05) is 12.1 Å². The van der Waals surface area contributed by atoms with Gasteiger partial charge in [0.1, 0.15) is 5.82 Å². The number of benzene rings is 2. The summed E-state index contributed by atoms with van der Waals surface area (Å²) in [5, 5.41) is 7.76. The highest BCUT2D eigenvalue weighted by atomic mass is 19.1. The minimum Gasteiger partial charge on any atom is -0.357 e. The third kappa shape index (κ3) is 4.13. The van der Waals surface area contributed by atoms with Gasteiger partial charge in [0.2, 0.25) is 0 Å². The summed E-state index contributed by atoms with van der Waals surface area (Å²) < 4.78 is 12.9. The number of rotatable bonds is 5. The fourth-order valence-electron chi connectivity index (χ4n) is 2.60. The lowest BCUT2D eigenvalue weighted by Crippen LogP contribution is -2.37. The Labute approximate surface area is 140 Å². The molecule has 0 fully saturated rings. The van der Waals surface area contributed by atoms with E-state index in [1.54, 1.807) is 19.2 Å². The summed E-state index contributed by atoms with van der Waals surface area (Å²) in [6, 6.07) is 16.9. The Morgan fingerprint density at radius 1 is 1.08 bits per heavy atom. The number of H-pyrrole nitrogens is 1. The van der Waals surface area contributed by atoms with Crippen LogP contribution in [0.2, 0.25) is 0 Å². The molecule has 3 aromatic rings. The molecule has 0 amide bonds. The summed E-state index contributed by atoms with van der Waals surface area (Å²) in [4.78, 5) is 7.60. The van der Waals surface area contributed by atoms with Crippen LogP contribution in [0.25, 0.3) is 10.9 Å². The minimum atomic E-state index is -0.206. The number of halogens is 1. The van der Waals surface area contributed by atoms with Crippen molar-refractivity contribution in [3.05, 3.63) is 71.7 Å². The molecule has 1 heterocycles. The lowest BCUT2D eigenvalue weighted by molar-refractivity contribution is 0.626. The van der Waals surface area contributed by atoms with Gasteiger partial charge in [-0.2, -0.15) is 0 Å². The van der Waals surface area contributed by atoms with Crippen molar-refractivity contribution >= 4 is 16.9 Å². The number of nitrogens with one attached hydrogen (secondary N) is 3. The zero-order valence-corrected chi connectivity index (χ0v) is 13.6. The topological polar surface area (TPSA) is 52.2 Å². The molecule has 24 heavy (non-hydrogen) atoms. The molecule has 1 aromatic heterocycles. The van der Waals surface area contributed by atoms with Crippen LogP contribution in [0.1, 0.15) is 11.3 Å². The smallest absolute Gasteiger partial charge is 0.191 e. The molecular weight excluding hydrogens is 303 g/mol. The molecule has 0 aliphatic heterocycles. The first-order valence-corrected chi connectivity index (χ1v) is 8.00. The Kier molecular flexibility index (Phi) is 5.11. The van der Waals surface area contributed by atoms with Gasteiger partial charge >= 0.3 is 0 Å². The second-order valence-electron chi connectivity index (χ2n) is 5.61. The van der Waals surface area contributed by atoms with Crippen molar-refractivity contribution in [1.29, 1.82) is 0 Å². The number of hydrogen-bond acceptors (Lipinski definition) is 1. The van der Waals surface area contributed by atoms with Gasteiger partial charge in [-0.15, -0.1) is 0 Å². The maximum atomic E-state index is 12.9. The van der Waals surface area contributed by atoms with Crippen LogP contribution in [0.3, 0.4) is 0 Å². The molecule has 4 nitrogen and oxygen atoms in total. The molecule has 5 heteroatoms. The number of aromatic nitrogens is 1. The van der Waals surface area contributed by atoms with E-state index in [1.165, 1.54) is 17.5 Å². The van der Waals surface area contributed by atoms with Gasteiger partial charge in [0.05, 0.1) is 6.54 Å². The Morgan fingerprint density at radius 2 is 1.88 bits per heavy atom. The molecule has 2 aromatic carbocycles. The third-order valence-corrected chi connectivity index (χ3v) is 3.88. The molecule has 0 saturated carbocycles. The van der Waals surface area contributed by atoms with E-state index in [9.17, 15) is 4.39 Å². The highest BCUT2D eigenvalue weighted by Crippen LogP contribution is 2.14. The Morgan fingerprint density at radius 3 is 2.62 bits per heavy atom. The van der Waals surface area contributed by atoms with Gasteiger partial charge in [-0.1, -0.05) is 30.3 Å². The molecule has 0 spiro atoms. The first-order chi connectivity index (χ1) is 11.7.